The van der Waals surface area contributed by atoms with Gasteiger partial charge in [0, 0.05) is 16.5 Å². The van der Waals surface area contributed by atoms with Crippen molar-refractivity contribution in [3.05, 3.63) is 64.7 Å². The summed E-state index contributed by atoms with van der Waals surface area (Å²) in [4.78, 5) is 13.2. The quantitative estimate of drug-likeness (QED) is 0.825. The minimum atomic E-state index is -0.143. The number of hydrogen-bond donors (Lipinski definition) is 1. The first-order valence-corrected chi connectivity index (χ1v) is 8.06. The second-order valence-corrected chi connectivity index (χ2v) is 6.77. The van der Waals surface area contributed by atoms with Crippen LogP contribution in [0.15, 0.2) is 53.4 Å². The molecule has 2 rings (SSSR count). The number of carbonyl (C=O) groups is 1. The van der Waals surface area contributed by atoms with Crippen LogP contribution in [0.1, 0.15) is 18.1 Å². The van der Waals surface area contributed by atoms with Gasteiger partial charge in [0.2, 0.25) is 5.91 Å². The summed E-state index contributed by atoms with van der Waals surface area (Å²) in [6, 6.07) is 15.7. The molecule has 0 bridgehead atoms. The molecule has 0 unspecified atom stereocenters. The average Bonchev–Trinajstić information content (AvgIpc) is 2.47. The van der Waals surface area contributed by atoms with Gasteiger partial charge in [-0.1, -0.05) is 41.4 Å². The number of thioether (sulfide) groups is 1. The molecule has 1 N–H and O–H groups in total. The Kier molecular flexibility index (Phi) is 5.71. The number of benzene rings is 2. The van der Waals surface area contributed by atoms with Crippen LogP contribution in [0.25, 0.3) is 0 Å². The molecular weight excluding hydrogens is 302 g/mol. The van der Waals surface area contributed by atoms with Crippen LogP contribution in [-0.2, 0) is 11.3 Å². The zero-order chi connectivity index (χ0) is 15.2. The molecule has 0 aliphatic carbocycles. The van der Waals surface area contributed by atoms with Gasteiger partial charge in [-0.05, 0) is 43.7 Å². The van der Waals surface area contributed by atoms with Gasteiger partial charge in [0.25, 0.3) is 0 Å². The summed E-state index contributed by atoms with van der Waals surface area (Å²) in [5.74, 6) is 0.0384. The Labute approximate surface area is 134 Å². The van der Waals surface area contributed by atoms with E-state index >= 15 is 0 Å². The van der Waals surface area contributed by atoms with Crippen molar-refractivity contribution in [3.63, 3.8) is 0 Å². The molecule has 0 heterocycles. The molecule has 1 atom stereocenters. The third-order valence-corrected chi connectivity index (χ3v) is 4.41. The van der Waals surface area contributed by atoms with Crippen LogP contribution in [0.2, 0.25) is 5.02 Å². The maximum absolute atomic E-state index is 12.1. The van der Waals surface area contributed by atoms with E-state index in [0.29, 0.717) is 11.6 Å². The molecule has 0 saturated carbocycles. The fraction of sp³-hybridized carbons (Fsp3) is 0.235. The van der Waals surface area contributed by atoms with E-state index in [-0.39, 0.29) is 11.2 Å². The first-order chi connectivity index (χ1) is 10.0. The summed E-state index contributed by atoms with van der Waals surface area (Å²) in [5, 5.41) is 3.53. The van der Waals surface area contributed by atoms with Crippen LogP contribution < -0.4 is 5.32 Å². The van der Waals surface area contributed by atoms with Gasteiger partial charge in [0.1, 0.15) is 0 Å². The van der Waals surface area contributed by atoms with Gasteiger partial charge in [0.05, 0.1) is 5.25 Å². The number of aryl methyl sites for hydroxylation is 1. The molecule has 0 aliphatic rings. The molecule has 2 aromatic rings. The zero-order valence-electron chi connectivity index (χ0n) is 12.1. The predicted octanol–water partition coefficient (Wildman–Crippen LogP) is 4.45. The van der Waals surface area contributed by atoms with E-state index in [2.05, 4.69) is 11.4 Å². The summed E-state index contributed by atoms with van der Waals surface area (Å²) in [7, 11) is 0. The second-order valence-electron chi connectivity index (χ2n) is 4.92. The number of amides is 1. The van der Waals surface area contributed by atoms with Gasteiger partial charge < -0.3 is 5.32 Å². The van der Waals surface area contributed by atoms with Crippen LogP contribution in [0.5, 0.6) is 0 Å². The van der Waals surface area contributed by atoms with Crippen LogP contribution in [0.3, 0.4) is 0 Å². The van der Waals surface area contributed by atoms with Gasteiger partial charge >= 0.3 is 0 Å². The van der Waals surface area contributed by atoms with Gasteiger partial charge in [-0.2, -0.15) is 0 Å². The number of hydrogen-bond acceptors (Lipinski definition) is 2. The molecule has 110 valence electrons. The molecule has 2 nitrogen and oxygen atoms in total. The lowest BCUT2D eigenvalue weighted by Gasteiger charge is -2.12. The second kappa shape index (κ2) is 7.53. The van der Waals surface area contributed by atoms with E-state index in [9.17, 15) is 4.79 Å². The largest absolute Gasteiger partial charge is 0.351 e. The van der Waals surface area contributed by atoms with E-state index in [1.54, 1.807) is 0 Å². The minimum Gasteiger partial charge on any atom is -0.351 e. The molecule has 0 fully saturated rings. The van der Waals surface area contributed by atoms with Gasteiger partial charge in [-0.15, -0.1) is 11.8 Å². The highest BCUT2D eigenvalue weighted by atomic mass is 35.5. The fourth-order valence-electron chi connectivity index (χ4n) is 1.93. The number of nitrogens with one attached hydrogen (secondary N) is 1. The van der Waals surface area contributed by atoms with Crippen molar-refractivity contribution in [1.82, 2.24) is 5.32 Å². The Balaban J connectivity index is 1.86. The van der Waals surface area contributed by atoms with Crippen LogP contribution in [0, 0.1) is 6.92 Å². The van der Waals surface area contributed by atoms with Crippen LogP contribution in [-0.4, -0.2) is 11.2 Å². The fourth-order valence-corrected chi connectivity index (χ4v) is 2.94. The molecule has 0 saturated heterocycles. The third kappa shape index (κ3) is 5.10. The maximum Gasteiger partial charge on any atom is 0.233 e. The smallest absolute Gasteiger partial charge is 0.233 e. The van der Waals surface area contributed by atoms with E-state index in [1.165, 1.54) is 17.3 Å². The van der Waals surface area contributed by atoms with E-state index in [4.69, 9.17) is 11.6 Å². The van der Waals surface area contributed by atoms with Crippen molar-refractivity contribution in [2.24, 2.45) is 0 Å². The van der Waals surface area contributed by atoms with Crippen molar-refractivity contribution in [3.8, 4) is 0 Å². The zero-order valence-corrected chi connectivity index (χ0v) is 13.7. The lowest BCUT2D eigenvalue weighted by atomic mass is 10.1. The van der Waals surface area contributed by atoms with Crippen LogP contribution in [0.4, 0.5) is 0 Å². The Morgan fingerprint density at radius 3 is 2.62 bits per heavy atom. The number of carbonyl (C=O) groups excluding carboxylic acids is 1. The molecule has 1 amide bonds. The summed E-state index contributed by atoms with van der Waals surface area (Å²) in [6.45, 7) is 4.52. The average molecular weight is 320 g/mol. The Morgan fingerprint density at radius 2 is 1.95 bits per heavy atom. The Bertz CT molecular complexity index is 612. The SMILES string of the molecule is Cc1cccc(CNC(=O)[C@@H](C)Sc2ccc(Cl)cc2)c1. The molecule has 21 heavy (non-hydrogen) atoms. The van der Waals surface area contributed by atoms with Gasteiger partial charge in [-0.3, -0.25) is 4.79 Å². The molecule has 0 radical (unpaired) electrons. The lowest BCUT2D eigenvalue weighted by Crippen LogP contribution is -2.30. The van der Waals surface area contributed by atoms with E-state index in [1.807, 2.05) is 56.3 Å². The molecule has 0 aromatic heterocycles. The molecule has 0 spiro atoms. The first-order valence-electron chi connectivity index (χ1n) is 6.80. The van der Waals surface area contributed by atoms with Gasteiger partial charge in [-0.25, -0.2) is 0 Å². The maximum atomic E-state index is 12.1. The highest BCUT2D eigenvalue weighted by Crippen LogP contribution is 2.24. The molecule has 0 aliphatic heterocycles. The first kappa shape index (κ1) is 15.9. The molecular formula is C17H18ClNOS. The molecule has 2 aromatic carbocycles. The van der Waals surface area contributed by atoms with Crippen LogP contribution >= 0.6 is 23.4 Å². The van der Waals surface area contributed by atoms with Crippen molar-refractivity contribution in [1.29, 1.82) is 0 Å². The van der Waals surface area contributed by atoms with Gasteiger partial charge in [0.15, 0.2) is 0 Å². The molecule has 4 heteroatoms. The van der Waals surface area contributed by atoms with Crippen molar-refractivity contribution < 1.29 is 4.79 Å². The number of rotatable bonds is 5. The third-order valence-electron chi connectivity index (χ3n) is 3.04. The highest BCUT2D eigenvalue weighted by molar-refractivity contribution is 8.00. The standard InChI is InChI=1S/C17H18ClNOS/c1-12-4-3-5-14(10-12)11-19-17(20)13(2)21-16-8-6-15(18)7-9-16/h3-10,13H,11H2,1-2H3,(H,19,20)/t13-/m1/s1. The summed E-state index contributed by atoms with van der Waals surface area (Å²) in [6.07, 6.45) is 0. The van der Waals surface area contributed by atoms with Crippen molar-refractivity contribution in [2.45, 2.75) is 30.5 Å². The van der Waals surface area contributed by atoms with E-state index in [0.717, 1.165) is 10.5 Å². The monoisotopic (exact) mass is 319 g/mol. The summed E-state index contributed by atoms with van der Waals surface area (Å²) < 4.78 is 0. The lowest BCUT2D eigenvalue weighted by molar-refractivity contribution is -0.120. The summed E-state index contributed by atoms with van der Waals surface area (Å²) >= 11 is 7.38. The normalized spacial score (nSPS) is 12.0. The van der Waals surface area contributed by atoms with Crippen molar-refractivity contribution in [2.75, 3.05) is 0 Å². The Morgan fingerprint density at radius 1 is 1.24 bits per heavy atom. The number of halogens is 1. The predicted molar refractivity (Wildman–Crippen MR) is 89.8 cm³/mol. The Hall–Kier alpha value is -1.45. The van der Waals surface area contributed by atoms with E-state index < -0.39 is 0 Å². The van der Waals surface area contributed by atoms with Crippen molar-refractivity contribution >= 4 is 29.3 Å². The highest BCUT2D eigenvalue weighted by Gasteiger charge is 2.13. The topological polar surface area (TPSA) is 29.1 Å². The minimum absolute atomic E-state index is 0.0384. The summed E-state index contributed by atoms with van der Waals surface area (Å²) in [5.41, 5.74) is 2.32.